The molecule has 3 nitrogen and oxygen atoms in total. The average Bonchev–Trinajstić information content (AvgIpc) is 2.87. The number of amides is 1. The van der Waals surface area contributed by atoms with Gasteiger partial charge in [-0.3, -0.25) is 4.79 Å². The second-order valence-corrected chi connectivity index (χ2v) is 6.69. The highest BCUT2D eigenvalue weighted by Crippen LogP contribution is 2.44. The summed E-state index contributed by atoms with van der Waals surface area (Å²) in [7, 11) is 0. The van der Waals surface area contributed by atoms with Crippen LogP contribution in [0, 0.1) is 5.82 Å². The number of nitrogens with zero attached hydrogens (tertiary/aromatic N) is 1. The molecule has 0 spiro atoms. The topological polar surface area (TPSA) is 40.5 Å². The molecule has 3 aromatic rings. The molecule has 5 heteroatoms. The van der Waals surface area contributed by atoms with Crippen molar-refractivity contribution in [1.29, 1.82) is 0 Å². The first-order valence-corrected chi connectivity index (χ1v) is 8.52. The van der Waals surface area contributed by atoms with E-state index in [0.29, 0.717) is 28.4 Å². The lowest BCUT2D eigenvalue weighted by Crippen LogP contribution is -2.40. The second kappa shape index (κ2) is 6.24. The Morgan fingerprint density at radius 3 is 2.31 bits per heavy atom. The maximum absolute atomic E-state index is 13.3. The highest BCUT2D eigenvalue weighted by atomic mass is 35.5. The minimum Gasteiger partial charge on any atom is -0.372 e. The first-order chi connectivity index (χ1) is 12.5. The van der Waals surface area contributed by atoms with Crippen LogP contribution in [0.2, 0.25) is 5.02 Å². The molecule has 0 saturated heterocycles. The fraction of sp³-hybridized carbons (Fsp3) is 0.0952. The van der Waals surface area contributed by atoms with Gasteiger partial charge in [-0.2, -0.15) is 0 Å². The number of anilines is 1. The molecule has 1 aliphatic rings. The van der Waals surface area contributed by atoms with Crippen LogP contribution in [0.1, 0.15) is 16.7 Å². The predicted octanol–water partition coefficient (Wildman–Crippen LogP) is 4.26. The van der Waals surface area contributed by atoms with Gasteiger partial charge in [0.15, 0.2) is 5.60 Å². The van der Waals surface area contributed by atoms with Crippen LogP contribution in [0.25, 0.3) is 0 Å². The number of carbonyl (C=O) groups is 1. The van der Waals surface area contributed by atoms with E-state index in [1.165, 1.54) is 24.3 Å². The predicted molar refractivity (Wildman–Crippen MR) is 98.5 cm³/mol. The van der Waals surface area contributed by atoms with E-state index in [4.69, 9.17) is 11.6 Å². The van der Waals surface area contributed by atoms with Gasteiger partial charge >= 0.3 is 0 Å². The summed E-state index contributed by atoms with van der Waals surface area (Å²) in [6.45, 7) is 0.302. The third kappa shape index (κ3) is 2.59. The number of benzene rings is 3. The van der Waals surface area contributed by atoms with E-state index < -0.39 is 17.3 Å². The molecule has 26 heavy (non-hydrogen) atoms. The molecule has 0 bridgehead atoms. The van der Waals surface area contributed by atoms with Crippen molar-refractivity contribution in [3.05, 3.63) is 100 Å². The van der Waals surface area contributed by atoms with Crippen molar-refractivity contribution in [3.63, 3.8) is 0 Å². The van der Waals surface area contributed by atoms with Crippen LogP contribution in [-0.4, -0.2) is 11.0 Å². The van der Waals surface area contributed by atoms with Crippen molar-refractivity contribution in [2.45, 2.75) is 12.1 Å². The van der Waals surface area contributed by atoms with E-state index in [0.717, 1.165) is 5.56 Å². The lowest BCUT2D eigenvalue weighted by atomic mass is 9.87. The first kappa shape index (κ1) is 16.8. The molecule has 0 aromatic heterocycles. The molecule has 1 N–H and O–H groups in total. The summed E-state index contributed by atoms with van der Waals surface area (Å²) in [5, 5.41) is 11.9. The summed E-state index contributed by atoms with van der Waals surface area (Å²) in [6, 6.07) is 19.7. The summed E-state index contributed by atoms with van der Waals surface area (Å²) < 4.78 is 13.3. The molecule has 1 heterocycles. The molecule has 1 unspecified atom stereocenters. The molecule has 0 aliphatic carbocycles. The number of fused-ring (bicyclic) bond motifs is 1. The van der Waals surface area contributed by atoms with Crippen LogP contribution >= 0.6 is 11.6 Å². The van der Waals surface area contributed by atoms with Crippen molar-refractivity contribution in [3.8, 4) is 0 Å². The van der Waals surface area contributed by atoms with Crippen molar-refractivity contribution < 1.29 is 14.3 Å². The fourth-order valence-corrected chi connectivity index (χ4v) is 3.46. The Kier molecular flexibility index (Phi) is 4.02. The normalized spacial score (nSPS) is 18.9. The zero-order chi connectivity index (χ0) is 18.3. The van der Waals surface area contributed by atoms with Gasteiger partial charge in [-0.1, -0.05) is 54.1 Å². The van der Waals surface area contributed by atoms with Gasteiger partial charge in [0, 0.05) is 10.6 Å². The summed E-state index contributed by atoms with van der Waals surface area (Å²) in [5.41, 5.74) is 0.525. The molecule has 130 valence electrons. The minimum absolute atomic E-state index is 0.302. The van der Waals surface area contributed by atoms with Gasteiger partial charge in [0.25, 0.3) is 5.91 Å². The van der Waals surface area contributed by atoms with Crippen LogP contribution < -0.4 is 4.90 Å². The Hall–Kier alpha value is -2.69. The van der Waals surface area contributed by atoms with E-state index in [-0.39, 0.29) is 0 Å². The number of hydrogen-bond donors (Lipinski definition) is 1. The largest absolute Gasteiger partial charge is 0.372 e. The number of rotatable bonds is 3. The molecule has 4 rings (SSSR count). The van der Waals surface area contributed by atoms with E-state index >= 15 is 0 Å². The van der Waals surface area contributed by atoms with E-state index in [2.05, 4.69) is 0 Å². The van der Waals surface area contributed by atoms with Crippen molar-refractivity contribution >= 4 is 23.2 Å². The van der Waals surface area contributed by atoms with Gasteiger partial charge in [0.05, 0.1) is 12.2 Å². The zero-order valence-electron chi connectivity index (χ0n) is 13.7. The standard InChI is InChI=1S/C21H15ClFNO2/c22-16-9-5-14(6-10-16)13-24-19-4-2-1-3-18(19)21(26,20(24)25)15-7-11-17(23)12-8-15/h1-12,26H,13H2. The van der Waals surface area contributed by atoms with E-state index in [9.17, 15) is 14.3 Å². The first-order valence-electron chi connectivity index (χ1n) is 8.14. The molecular formula is C21H15ClFNO2. The molecule has 1 aliphatic heterocycles. The monoisotopic (exact) mass is 367 g/mol. The minimum atomic E-state index is -1.84. The van der Waals surface area contributed by atoms with Crippen LogP contribution in [-0.2, 0) is 16.9 Å². The molecular weight excluding hydrogens is 353 g/mol. The van der Waals surface area contributed by atoms with Gasteiger partial charge in [0.2, 0.25) is 0 Å². The average molecular weight is 368 g/mol. The summed E-state index contributed by atoms with van der Waals surface area (Å²) in [6.07, 6.45) is 0. The maximum Gasteiger partial charge on any atom is 0.268 e. The number of para-hydroxylation sites is 1. The Labute approximate surface area is 155 Å². The molecule has 1 atom stereocenters. The van der Waals surface area contributed by atoms with Crippen molar-refractivity contribution in [2.75, 3.05) is 4.90 Å². The number of carbonyl (C=O) groups excluding carboxylic acids is 1. The number of hydrogen-bond acceptors (Lipinski definition) is 2. The Balaban J connectivity index is 1.79. The molecule has 0 fully saturated rings. The second-order valence-electron chi connectivity index (χ2n) is 6.25. The SMILES string of the molecule is O=C1N(Cc2ccc(Cl)cc2)c2ccccc2C1(O)c1ccc(F)cc1. The van der Waals surface area contributed by atoms with Gasteiger partial charge in [-0.25, -0.2) is 4.39 Å². The third-order valence-corrected chi connectivity index (χ3v) is 4.91. The lowest BCUT2D eigenvalue weighted by Gasteiger charge is -2.24. The van der Waals surface area contributed by atoms with Crippen LogP contribution in [0.4, 0.5) is 10.1 Å². The highest BCUT2D eigenvalue weighted by molar-refractivity contribution is 6.30. The molecule has 1 amide bonds. The smallest absolute Gasteiger partial charge is 0.268 e. The van der Waals surface area contributed by atoms with Crippen LogP contribution in [0.15, 0.2) is 72.8 Å². The van der Waals surface area contributed by atoms with Crippen LogP contribution in [0.5, 0.6) is 0 Å². The summed E-state index contributed by atoms with van der Waals surface area (Å²) in [5.74, 6) is -0.880. The van der Waals surface area contributed by atoms with Crippen molar-refractivity contribution in [1.82, 2.24) is 0 Å². The van der Waals surface area contributed by atoms with E-state index in [1.54, 1.807) is 35.2 Å². The highest BCUT2D eigenvalue weighted by Gasteiger charge is 2.50. The van der Waals surface area contributed by atoms with Crippen molar-refractivity contribution in [2.24, 2.45) is 0 Å². The Morgan fingerprint density at radius 2 is 1.62 bits per heavy atom. The number of halogens is 2. The zero-order valence-corrected chi connectivity index (χ0v) is 14.4. The van der Waals surface area contributed by atoms with Gasteiger partial charge < -0.3 is 10.0 Å². The summed E-state index contributed by atoms with van der Waals surface area (Å²) >= 11 is 5.92. The third-order valence-electron chi connectivity index (χ3n) is 4.66. The molecule has 0 radical (unpaired) electrons. The Bertz CT molecular complexity index is 972. The molecule has 0 saturated carbocycles. The lowest BCUT2D eigenvalue weighted by molar-refractivity contribution is -0.132. The van der Waals surface area contributed by atoms with Crippen LogP contribution in [0.3, 0.4) is 0 Å². The van der Waals surface area contributed by atoms with Gasteiger partial charge in [-0.15, -0.1) is 0 Å². The maximum atomic E-state index is 13.3. The quantitative estimate of drug-likeness (QED) is 0.751. The Morgan fingerprint density at radius 1 is 0.962 bits per heavy atom. The molecule has 3 aromatic carbocycles. The van der Waals surface area contributed by atoms with E-state index in [1.807, 2.05) is 18.2 Å². The number of aliphatic hydroxyl groups is 1. The van der Waals surface area contributed by atoms with Gasteiger partial charge in [-0.05, 0) is 41.5 Å². The van der Waals surface area contributed by atoms with Gasteiger partial charge in [0.1, 0.15) is 5.82 Å². The summed E-state index contributed by atoms with van der Waals surface area (Å²) in [4.78, 5) is 14.7. The fourth-order valence-electron chi connectivity index (χ4n) is 3.33.